The van der Waals surface area contributed by atoms with Gasteiger partial charge < -0.3 is 9.84 Å². The molecule has 0 bridgehead atoms. The first-order valence-electron chi connectivity index (χ1n) is 6.31. The van der Waals surface area contributed by atoms with E-state index in [1.165, 1.54) is 12.8 Å². The Bertz CT molecular complexity index is 348. The van der Waals surface area contributed by atoms with E-state index in [0.29, 0.717) is 17.5 Å². The highest BCUT2D eigenvalue weighted by Crippen LogP contribution is 2.28. The van der Waals surface area contributed by atoms with Crippen LogP contribution in [0.25, 0.3) is 0 Å². The summed E-state index contributed by atoms with van der Waals surface area (Å²) >= 11 is 6.05. The second-order valence-electron chi connectivity index (χ2n) is 4.60. The molecule has 0 spiro atoms. The van der Waals surface area contributed by atoms with Crippen LogP contribution >= 0.6 is 11.6 Å². The highest BCUT2D eigenvalue weighted by molar-refractivity contribution is 6.31. The van der Waals surface area contributed by atoms with Gasteiger partial charge in [-0.15, -0.1) is 0 Å². The maximum absolute atomic E-state index is 10.1. The maximum Gasteiger partial charge on any atom is 0.0805 e. The van der Waals surface area contributed by atoms with Gasteiger partial charge in [0.1, 0.15) is 0 Å². The molecule has 1 aromatic carbocycles. The smallest absolute Gasteiger partial charge is 0.0805 e. The molecule has 1 N–H and O–H groups in total. The van der Waals surface area contributed by atoms with Gasteiger partial charge in [-0.2, -0.15) is 0 Å². The third-order valence-corrected chi connectivity index (χ3v) is 3.64. The Kier molecular flexibility index (Phi) is 4.84. The van der Waals surface area contributed by atoms with E-state index < -0.39 is 6.10 Å². The molecule has 0 radical (unpaired) electrons. The number of halogens is 1. The molecule has 0 aliphatic carbocycles. The van der Waals surface area contributed by atoms with Crippen molar-refractivity contribution in [2.24, 2.45) is 0 Å². The molecule has 1 aliphatic heterocycles. The zero-order chi connectivity index (χ0) is 12.1. The van der Waals surface area contributed by atoms with Gasteiger partial charge in [0.25, 0.3) is 0 Å². The standard InChI is InChI=1S/C14H19ClO2/c15-13-7-2-1-6-12(13)14(16)9-8-11-5-3-4-10-17-11/h1-2,6-7,11,14,16H,3-5,8-10H2. The summed E-state index contributed by atoms with van der Waals surface area (Å²) in [6.45, 7) is 0.868. The average molecular weight is 255 g/mol. The Hall–Kier alpha value is -0.570. The van der Waals surface area contributed by atoms with E-state index in [0.717, 1.165) is 25.0 Å². The number of rotatable bonds is 4. The Labute approximate surface area is 108 Å². The molecular weight excluding hydrogens is 236 g/mol. The number of ether oxygens (including phenoxy) is 1. The number of benzene rings is 1. The predicted molar refractivity (Wildman–Crippen MR) is 69.2 cm³/mol. The summed E-state index contributed by atoms with van der Waals surface area (Å²) in [6, 6.07) is 7.48. The van der Waals surface area contributed by atoms with Crippen molar-refractivity contribution in [1.82, 2.24) is 0 Å². The summed E-state index contributed by atoms with van der Waals surface area (Å²) in [6.07, 6.45) is 5.00. The van der Waals surface area contributed by atoms with Gasteiger partial charge in [-0.05, 0) is 43.7 Å². The minimum atomic E-state index is -0.478. The SMILES string of the molecule is OC(CCC1CCCCO1)c1ccccc1Cl. The Morgan fingerprint density at radius 3 is 2.88 bits per heavy atom. The van der Waals surface area contributed by atoms with E-state index >= 15 is 0 Å². The van der Waals surface area contributed by atoms with E-state index in [1.54, 1.807) is 0 Å². The molecule has 0 saturated carbocycles. The molecule has 0 aromatic heterocycles. The molecule has 2 rings (SSSR count). The van der Waals surface area contributed by atoms with Crippen molar-refractivity contribution >= 4 is 11.6 Å². The molecule has 2 nitrogen and oxygen atoms in total. The van der Waals surface area contributed by atoms with Gasteiger partial charge in [0.2, 0.25) is 0 Å². The van der Waals surface area contributed by atoms with E-state index in [9.17, 15) is 5.11 Å². The normalized spacial score (nSPS) is 22.4. The molecule has 2 unspecified atom stereocenters. The molecule has 1 heterocycles. The molecule has 1 saturated heterocycles. The van der Waals surface area contributed by atoms with Crippen LogP contribution in [0.4, 0.5) is 0 Å². The van der Waals surface area contributed by atoms with Crippen LogP contribution in [0.1, 0.15) is 43.8 Å². The molecule has 3 heteroatoms. The third kappa shape index (κ3) is 3.70. The number of hydrogen-bond acceptors (Lipinski definition) is 2. The van der Waals surface area contributed by atoms with Crippen molar-refractivity contribution in [3.63, 3.8) is 0 Å². The van der Waals surface area contributed by atoms with Crippen molar-refractivity contribution in [3.8, 4) is 0 Å². The lowest BCUT2D eigenvalue weighted by molar-refractivity contribution is 0.00213. The highest BCUT2D eigenvalue weighted by Gasteiger charge is 2.17. The fourth-order valence-electron chi connectivity index (χ4n) is 2.28. The first-order valence-corrected chi connectivity index (χ1v) is 6.69. The minimum absolute atomic E-state index is 0.320. The second-order valence-corrected chi connectivity index (χ2v) is 5.01. The first-order chi connectivity index (χ1) is 8.27. The summed E-state index contributed by atoms with van der Waals surface area (Å²) in [4.78, 5) is 0. The summed E-state index contributed by atoms with van der Waals surface area (Å²) in [5.74, 6) is 0. The Morgan fingerprint density at radius 1 is 1.35 bits per heavy atom. The van der Waals surface area contributed by atoms with E-state index in [2.05, 4.69) is 0 Å². The first kappa shape index (κ1) is 12.9. The molecular formula is C14H19ClO2. The van der Waals surface area contributed by atoms with Crippen LogP contribution in [-0.4, -0.2) is 17.8 Å². The highest BCUT2D eigenvalue weighted by atomic mass is 35.5. The lowest BCUT2D eigenvalue weighted by atomic mass is 9.99. The van der Waals surface area contributed by atoms with Crippen molar-refractivity contribution in [2.75, 3.05) is 6.61 Å². The number of aliphatic hydroxyl groups excluding tert-OH is 1. The number of hydrogen-bond donors (Lipinski definition) is 1. The maximum atomic E-state index is 10.1. The molecule has 17 heavy (non-hydrogen) atoms. The predicted octanol–water partition coefficient (Wildman–Crippen LogP) is 3.72. The number of aliphatic hydroxyl groups is 1. The van der Waals surface area contributed by atoms with Gasteiger partial charge in [-0.1, -0.05) is 29.8 Å². The molecule has 1 aliphatic rings. The van der Waals surface area contributed by atoms with Crippen LogP contribution in [-0.2, 0) is 4.74 Å². The van der Waals surface area contributed by atoms with Gasteiger partial charge in [-0.25, -0.2) is 0 Å². The third-order valence-electron chi connectivity index (χ3n) is 3.30. The zero-order valence-electron chi connectivity index (χ0n) is 9.94. The summed E-state index contributed by atoms with van der Waals surface area (Å²) < 4.78 is 5.65. The molecule has 2 atom stereocenters. The lowest BCUT2D eigenvalue weighted by Crippen LogP contribution is -2.19. The molecule has 1 aromatic rings. The van der Waals surface area contributed by atoms with Crippen LogP contribution in [0.15, 0.2) is 24.3 Å². The van der Waals surface area contributed by atoms with Gasteiger partial charge >= 0.3 is 0 Å². The van der Waals surface area contributed by atoms with Crippen LogP contribution in [0, 0.1) is 0 Å². The van der Waals surface area contributed by atoms with Crippen LogP contribution < -0.4 is 0 Å². The fourth-order valence-corrected chi connectivity index (χ4v) is 2.54. The molecule has 0 amide bonds. The summed E-state index contributed by atoms with van der Waals surface area (Å²) in [5, 5.41) is 10.7. The van der Waals surface area contributed by atoms with Crippen LogP contribution in [0.2, 0.25) is 5.02 Å². The van der Waals surface area contributed by atoms with Crippen molar-refractivity contribution < 1.29 is 9.84 Å². The quantitative estimate of drug-likeness (QED) is 0.887. The van der Waals surface area contributed by atoms with E-state index in [1.807, 2.05) is 24.3 Å². The minimum Gasteiger partial charge on any atom is -0.388 e. The van der Waals surface area contributed by atoms with Gasteiger partial charge in [0, 0.05) is 11.6 Å². The van der Waals surface area contributed by atoms with Crippen molar-refractivity contribution in [3.05, 3.63) is 34.9 Å². The lowest BCUT2D eigenvalue weighted by Gasteiger charge is -2.23. The van der Waals surface area contributed by atoms with Crippen molar-refractivity contribution in [1.29, 1.82) is 0 Å². The monoisotopic (exact) mass is 254 g/mol. The van der Waals surface area contributed by atoms with Gasteiger partial charge in [0.15, 0.2) is 0 Å². The zero-order valence-corrected chi connectivity index (χ0v) is 10.7. The summed E-state index contributed by atoms with van der Waals surface area (Å²) in [5.41, 5.74) is 0.824. The van der Waals surface area contributed by atoms with Gasteiger partial charge in [0.05, 0.1) is 12.2 Å². The van der Waals surface area contributed by atoms with Crippen LogP contribution in [0.3, 0.4) is 0 Å². The summed E-state index contributed by atoms with van der Waals surface area (Å²) in [7, 11) is 0. The fraction of sp³-hybridized carbons (Fsp3) is 0.571. The Morgan fingerprint density at radius 2 is 2.18 bits per heavy atom. The molecule has 1 fully saturated rings. The van der Waals surface area contributed by atoms with Crippen molar-refractivity contribution in [2.45, 2.75) is 44.3 Å². The second kappa shape index (κ2) is 6.39. The van der Waals surface area contributed by atoms with E-state index in [-0.39, 0.29) is 0 Å². The van der Waals surface area contributed by atoms with Gasteiger partial charge in [-0.3, -0.25) is 0 Å². The largest absolute Gasteiger partial charge is 0.388 e. The Balaban J connectivity index is 1.84. The average Bonchev–Trinajstić information content (AvgIpc) is 2.38. The van der Waals surface area contributed by atoms with Crippen LogP contribution in [0.5, 0.6) is 0 Å². The van der Waals surface area contributed by atoms with E-state index in [4.69, 9.17) is 16.3 Å². The molecule has 94 valence electrons. The topological polar surface area (TPSA) is 29.5 Å².